The van der Waals surface area contributed by atoms with Crippen LogP contribution >= 0.6 is 23.4 Å². The van der Waals surface area contributed by atoms with Gasteiger partial charge in [-0.1, -0.05) is 30.7 Å². The van der Waals surface area contributed by atoms with Crippen LogP contribution in [0.5, 0.6) is 0 Å². The van der Waals surface area contributed by atoms with Gasteiger partial charge in [-0.25, -0.2) is 0 Å². The van der Waals surface area contributed by atoms with E-state index in [0.717, 1.165) is 35.7 Å². The summed E-state index contributed by atoms with van der Waals surface area (Å²) >= 11 is 7.97. The number of hydrogen-bond donors (Lipinski definition) is 1. The van der Waals surface area contributed by atoms with Gasteiger partial charge in [-0.3, -0.25) is 5.32 Å². The zero-order valence-corrected chi connectivity index (χ0v) is 12.0. The minimum Gasteiger partial charge on any atom is -0.300 e. The Kier molecular flexibility index (Phi) is 4.55. The lowest BCUT2D eigenvalue weighted by molar-refractivity contribution is 0.436. The van der Waals surface area contributed by atoms with E-state index in [2.05, 4.69) is 11.4 Å². The third kappa shape index (κ3) is 3.00. The van der Waals surface area contributed by atoms with E-state index in [1.54, 1.807) is 11.8 Å². The van der Waals surface area contributed by atoms with Crippen LogP contribution in [0.15, 0.2) is 29.2 Å². The van der Waals surface area contributed by atoms with Gasteiger partial charge in [0.2, 0.25) is 0 Å². The van der Waals surface area contributed by atoms with Crippen molar-refractivity contribution >= 4 is 23.4 Å². The van der Waals surface area contributed by atoms with Gasteiger partial charge in [0.25, 0.3) is 0 Å². The fraction of sp³-hybridized carbons (Fsp3) is 0.500. The molecule has 0 aromatic heterocycles. The molecule has 1 aliphatic carbocycles. The lowest BCUT2D eigenvalue weighted by Crippen LogP contribution is -2.41. The van der Waals surface area contributed by atoms with Crippen LogP contribution in [0.1, 0.15) is 26.2 Å². The molecule has 2 unspecified atom stereocenters. The molecule has 0 radical (unpaired) electrons. The van der Waals surface area contributed by atoms with E-state index in [9.17, 15) is 5.26 Å². The average molecular weight is 281 g/mol. The molecule has 4 heteroatoms. The third-order valence-corrected chi connectivity index (χ3v) is 5.12. The predicted molar refractivity (Wildman–Crippen MR) is 77.0 cm³/mol. The summed E-state index contributed by atoms with van der Waals surface area (Å²) < 4.78 is 0. The van der Waals surface area contributed by atoms with Gasteiger partial charge in [-0.2, -0.15) is 5.26 Å². The van der Waals surface area contributed by atoms with Crippen molar-refractivity contribution < 1.29 is 0 Å². The molecule has 1 aromatic rings. The zero-order valence-electron chi connectivity index (χ0n) is 10.4. The monoisotopic (exact) mass is 280 g/mol. The lowest BCUT2D eigenvalue weighted by Gasteiger charge is -2.21. The Balaban J connectivity index is 2.02. The Labute approximate surface area is 118 Å². The summed E-state index contributed by atoms with van der Waals surface area (Å²) in [6, 6.07) is 10.4. The molecular weight excluding hydrogens is 264 g/mol. The molecule has 0 aliphatic heterocycles. The third-order valence-electron chi connectivity index (χ3n) is 3.33. The molecule has 2 nitrogen and oxygen atoms in total. The first-order chi connectivity index (χ1) is 8.69. The van der Waals surface area contributed by atoms with Crippen LogP contribution in [0.25, 0.3) is 0 Å². The van der Waals surface area contributed by atoms with Gasteiger partial charge in [0.1, 0.15) is 5.54 Å². The highest BCUT2D eigenvalue weighted by molar-refractivity contribution is 8.00. The second-order valence-electron chi connectivity index (χ2n) is 4.64. The maximum atomic E-state index is 9.34. The van der Waals surface area contributed by atoms with Crippen molar-refractivity contribution in [2.24, 2.45) is 0 Å². The quantitative estimate of drug-likeness (QED) is 0.910. The second kappa shape index (κ2) is 5.97. The number of hydrogen-bond acceptors (Lipinski definition) is 3. The highest BCUT2D eigenvalue weighted by Crippen LogP contribution is 2.41. The SMILES string of the molecule is CCNC1(C#N)CCC(Sc2ccccc2Cl)C1. The van der Waals surface area contributed by atoms with Crippen molar-refractivity contribution in [3.63, 3.8) is 0 Å². The maximum absolute atomic E-state index is 9.34. The van der Waals surface area contributed by atoms with Crippen molar-refractivity contribution in [1.82, 2.24) is 5.32 Å². The van der Waals surface area contributed by atoms with E-state index >= 15 is 0 Å². The highest BCUT2D eigenvalue weighted by atomic mass is 35.5. The summed E-state index contributed by atoms with van der Waals surface area (Å²) in [7, 11) is 0. The van der Waals surface area contributed by atoms with E-state index < -0.39 is 0 Å². The first-order valence-electron chi connectivity index (χ1n) is 6.26. The van der Waals surface area contributed by atoms with Crippen molar-refractivity contribution in [1.29, 1.82) is 5.26 Å². The summed E-state index contributed by atoms with van der Waals surface area (Å²) in [5, 5.41) is 14.0. The molecule has 2 atom stereocenters. The average Bonchev–Trinajstić information content (AvgIpc) is 2.77. The van der Waals surface area contributed by atoms with Crippen LogP contribution in [0.4, 0.5) is 0 Å². The summed E-state index contributed by atoms with van der Waals surface area (Å²) in [5.74, 6) is 0. The number of thioether (sulfide) groups is 1. The van der Waals surface area contributed by atoms with Gasteiger partial charge < -0.3 is 0 Å². The van der Waals surface area contributed by atoms with Crippen LogP contribution in [0.2, 0.25) is 5.02 Å². The van der Waals surface area contributed by atoms with Crippen LogP contribution in [0, 0.1) is 11.3 Å². The molecule has 1 saturated carbocycles. The lowest BCUT2D eigenvalue weighted by atomic mass is 10.0. The van der Waals surface area contributed by atoms with E-state index in [1.807, 2.05) is 31.2 Å². The number of benzene rings is 1. The summed E-state index contributed by atoms with van der Waals surface area (Å²) in [5.41, 5.74) is -0.326. The summed E-state index contributed by atoms with van der Waals surface area (Å²) in [4.78, 5) is 1.12. The summed E-state index contributed by atoms with van der Waals surface area (Å²) in [6.45, 7) is 2.89. The molecule has 1 aliphatic rings. The molecule has 1 fully saturated rings. The van der Waals surface area contributed by atoms with E-state index in [-0.39, 0.29) is 5.54 Å². The molecule has 18 heavy (non-hydrogen) atoms. The van der Waals surface area contributed by atoms with Gasteiger partial charge in [-0.15, -0.1) is 11.8 Å². The smallest absolute Gasteiger partial charge is 0.107 e. The number of nitrogens with zero attached hydrogens (tertiary/aromatic N) is 1. The van der Waals surface area contributed by atoms with Crippen molar-refractivity contribution in [3.05, 3.63) is 29.3 Å². The Bertz CT molecular complexity index is 457. The van der Waals surface area contributed by atoms with Gasteiger partial charge in [0.15, 0.2) is 0 Å². The molecule has 0 bridgehead atoms. The molecular formula is C14H17ClN2S. The van der Waals surface area contributed by atoms with E-state index in [0.29, 0.717) is 5.25 Å². The molecule has 1 N–H and O–H groups in total. The fourth-order valence-electron chi connectivity index (χ4n) is 2.46. The molecule has 96 valence electrons. The van der Waals surface area contributed by atoms with Crippen molar-refractivity contribution in [2.45, 2.75) is 41.9 Å². The molecule has 0 amide bonds. The number of halogens is 1. The van der Waals surface area contributed by atoms with Crippen molar-refractivity contribution in [3.8, 4) is 6.07 Å². The van der Waals surface area contributed by atoms with Gasteiger partial charge >= 0.3 is 0 Å². The Hall–Kier alpha value is -0.690. The Morgan fingerprint density at radius 2 is 2.33 bits per heavy atom. The van der Waals surface area contributed by atoms with E-state index in [1.165, 1.54) is 0 Å². The van der Waals surface area contributed by atoms with Crippen molar-refractivity contribution in [2.75, 3.05) is 6.54 Å². The highest BCUT2D eigenvalue weighted by Gasteiger charge is 2.39. The number of rotatable bonds is 4. The predicted octanol–water partition coefficient (Wildman–Crippen LogP) is 3.86. The first-order valence-corrected chi connectivity index (χ1v) is 7.52. The topological polar surface area (TPSA) is 35.8 Å². The standard InChI is InChI=1S/C14H17ClN2S/c1-2-17-14(10-16)8-7-11(9-14)18-13-6-4-3-5-12(13)15/h3-6,11,17H,2,7-9H2,1H3. The second-order valence-corrected chi connectivity index (χ2v) is 6.39. The van der Waals surface area contributed by atoms with Gasteiger partial charge in [-0.05, 0) is 37.9 Å². The fourth-order valence-corrected chi connectivity index (χ4v) is 4.03. The number of nitriles is 1. The zero-order chi connectivity index (χ0) is 13.0. The summed E-state index contributed by atoms with van der Waals surface area (Å²) in [6.07, 6.45) is 2.89. The Morgan fingerprint density at radius 3 is 3.00 bits per heavy atom. The first kappa shape index (κ1) is 13.7. The number of nitrogens with one attached hydrogen (secondary N) is 1. The molecule has 2 rings (SSSR count). The van der Waals surface area contributed by atoms with Gasteiger partial charge in [0, 0.05) is 10.1 Å². The van der Waals surface area contributed by atoms with Crippen LogP contribution in [-0.4, -0.2) is 17.3 Å². The Morgan fingerprint density at radius 1 is 1.56 bits per heavy atom. The molecule has 0 saturated heterocycles. The minimum absolute atomic E-state index is 0.326. The molecule has 1 aromatic carbocycles. The molecule has 0 heterocycles. The largest absolute Gasteiger partial charge is 0.300 e. The van der Waals surface area contributed by atoms with E-state index in [4.69, 9.17) is 11.6 Å². The maximum Gasteiger partial charge on any atom is 0.107 e. The van der Waals surface area contributed by atoms with Crippen LogP contribution in [0.3, 0.4) is 0 Å². The minimum atomic E-state index is -0.326. The normalized spacial score (nSPS) is 27.1. The molecule has 0 spiro atoms. The van der Waals surface area contributed by atoms with Crippen LogP contribution < -0.4 is 5.32 Å². The van der Waals surface area contributed by atoms with Gasteiger partial charge in [0.05, 0.1) is 11.1 Å². The van der Waals surface area contributed by atoms with Crippen LogP contribution in [-0.2, 0) is 0 Å².